The maximum atomic E-state index is 11.8. The molecule has 1 aliphatic rings. The van der Waals surface area contributed by atoms with E-state index >= 15 is 0 Å². The van der Waals surface area contributed by atoms with Crippen LogP contribution in [-0.4, -0.2) is 28.0 Å². The molecule has 0 aliphatic carbocycles. The molecule has 7 heteroatoms. The third-order valence-corrected chi connectivity index (χ3v) is 3.94. The van der Waals surface area contributed by atoms with Gasteiger partial charge in [0, 0.05) is 24.0 Å². The van der Waals surface area contributed by atoms with Crippen LogP contribution in [0.3, 0.4) is 0 Å². The molecule has 1 N–H and O–H groups in total. The van der Waals surface area contributed by atoms with E-state index in [9.17, 15) is 4.79 Å². The molecule has 3 rings (SSSR count). The largest absolute Gasteiger partial charge is 0.464 e. The average Bonchev–Trinajstić information content (AvgIpc) is 3.06. The van der Waals surface area contributed by atoms with Crippen LogP contribution in [-0.2, 0) is 24.2 Å². The zero-order valence-corrected chi connectivity index (χ0v) is 12.1. The Balaban J connectivity index is 1.98. The minimum Gasteiger partial charge on any atom is -0.464 e. The fourth-order valence-corrected chi connectivity index (χ4v) is 2.83. The molecule has 2 aromatic rings. The number of methoxy groups -OCH3 is 1. The standard InChI is InChI=1S/C13H14N4O2S/c1-7-15-8(6-20-7)3-11-16-10-5-14-4-9(10)12(17-11)13(18)19-2/h6,14H,3-5H2,1-2H3. The molecule has 0 spiro atoms. The summed E-state index contributed by atoms with van der Waals surface area (Å²) >= 11 is 1.59. The fraction of sp³-hybridized carbons (Fsp3) is 0.385. The fourth-order valence-electron chi connectivity index (χ4n) is 2.22. The second-order valence-electron chi connectivity index (χ2n) is 4.54. The van der Waals surface area contributed by atoms with Crippen molar-refractivity contribution >= 4 is 17.3 Å². The van der Waals surface area contributed by atoms with Crippen molar-refractivity contribution in [2.75, 3.05) is 7.11 Å². The first-order valence-corrected chi connectivity index (χ1v) is 7.14. The number of ether oxygens (including phenoxy) is 1. The van der Waals surface area contributed by atoms with E-state index in [0.29, 0.717) is 31.0 Å². The molecule has 0 bridgehead atoms. The lowest BCUT2D eigenvalue weighted by atomic mass is 10.1. The number of carbonyl (C=O) groups is 1. The van der Waals surface area contributed by atoms with E-state index < -0.39 is 5.97 Å². The van der Waals surface area contributed by atoms with Gasteiger partial charge in [-0.15, -0.1) is 11.3 Å². The Hall–Kier alpha value is -1.86. The van der Waals surface area contributed by atoms with Gasteiger partial charge in [-0.25, -0.2) is 19.7 Å². The molecule has 0 fully saturated rings. The molecule has 104 valence electrons. The summed E-state index contributed by atoms with van der Waals surface area (Å²) in [6, 6.07) is 0. The van der Waals surface area contributed by atoms with Crippen LogP contribution in [0.5, 0.6) is 0 Å². The van der Waals surface area contributed by atoms with Gasteiger partial charge in [0.15, 0.2) is 5.69 Å². The van der Waals surface area contributed by atoms with Crippen molar-refractivity contribution in [1.29, 1.82) is 0 Å². The molecular formula is C13H14N4O2S. The number of hydrogen-bond acceptors (Lipinski definition) is 7. The molecule has 0 aromatic carbocycles. The van der Waals surface area contributed by atoms with E-state index in [2.05, 4.69) is 20.3 Å². The summed E-state index contributed by atoms with van der Waals surface area (Å²) in [5, 5.41) is 6.18. The van der Waals surface area contributed by atoms with Crippen molar-refractivity contribution in [3.8, 4) is 0 Å². The predicted octanol–water partition coefficient (Wildman–Crippen LogP) is 1.22. The number of rotatable bonds is 3. The number of thiazole rings is 1. The highest BCUT2D eigenvalue weighted by molar-refractivity contribution is 7.09. The van der Waals surface area contributed by atoms with E-state index in [-0.39, 0.29) is 0 Å². The van der Waals surface area contributed by atoms with Gasteiger partial charge in [-0.05, 0) is 6.92 Å². The number of aryl methyl sites for hydroxylation is 1. The summed E-state index contributed by atoms with van der Waals surface area (Å²) in [6.07, 6.45) is 0.529. The van der Waals surface area contributed by atoms with Gasteiger partial charge in [0.2, 0.25) is 0 Å². The highest BCUT2D eigenvalue weighted by atomic mass is 32.1. The third-order valence-electron chi connectivity index (χ3n) is 3.12. The number of nitrogens with one attached hydrogen (secondary N) is 1. The van der Waals surface area contributed by atoms with Crippen LogP contribution in [0.4, 0.5) is 0 Å². The Labute approximate surface area is 120 Å². The van der Waals surface area contributed by atoms with E-state index in [1.54, 1.807) is 11.3 Å². The van der Waals surface area contributed by atoms with Crippen LogP contribution < -0.4 is 5.32 Å². The van der Waals surface area contributed by atoms with Crippen LogP contribution >= 0.6 is 11.3 Å². The van der Waals surface area contributed by atoms with Crippen molar-refractivity contribution in [2.24, 2.45) is 0 Å². The zero-order chi connectivity index (χ0) is 14.1. The van der Waals surface area contributed by atoms with Gasteiger partial charge in [-0.2, -0.15) is 0 Å². The molecule has 0 atom stereocenters. The smallest absolute Gasteiger partial charge is 0.357 e. The number of nitrogens with zero attached hydrogens (tertiary/aromatic N) is 3. The number of fused-ring (bicyclic) bond motifs is 1. The Morgan fingerprint density at radius 2 is 2.25 bits per heavy atom. The lowest BCUT2D eigenvalue weighted by Crippen LogP contribution is -2.13. The second-order valence-corrected chi connectivity index (χ2v) is 5.61. The molecule has 0 unspecified atom stereocenters. The van der Waals surface area contributed by atoms with Crippen LogP contribution in [0.25, 0.3) is 0 Å². The van der Waals surface area contributed by atoms with Gasteiger partial charge in [-0.3, -0.25) is 0 Å². The first kappa shape index (κ1) is 13.1. The van der Waals surface area contributed by atoms with Gasteiger partial charge in [0.25, 0.3) is 0 Å². The summed E-state index contributed by atoms with van der Waals surface area (Å²) in [5.74, 6) is 0.196. The topological polar surface area (TPSA) is 77.0 Å². The van der Waals surface area contributed by atoms with Crippen LogP contribution in [0.2, 0.25) is 0 Å². The quantitative estimate of drug-likeness (QED) is 0.857. The Bertz CT molecular complexity index is 668. The lowest BCUT2D eigenvalue weighted by Gasteiger charge is -2.07. The minimum absolute atomic E-state index is 0.365. The molecule has 3 heterocycles. The SMILES string of the molecule is COC(=O)c1nc(Cc2csc(C)n2)nc2c1CNC2. The Kier molecular flexibility index (Phi) is 3.45. The van der Waals surface area contributed by atoms with Gasteiger partial charge >= 0.3 is 5.97 Å². The number of hydrogen-bond donors (Lipinski definition) is 1. The molecule has 0 saturated carbocycles. The van der Waals surface area contributed by atoms with E-state index in [1.165, 1.54) is 7.11 Å². The summed E-state index contributed by atoms with van der Waals surface area (Å²) in [4.78, 5) is 25.1. The molecule has 1 aliphatic heterocycles. The highest BCUT2D eigenvalue weighted by Gasteiger charge is 2.23. The maximum absolute atomic E-state index is 11.8. The molecule has 20 heavy (non-hydrogen) atoms. The van der Waals surface area contributed by atoms with E-state index in [0.717, 1.165) is 22.0 Å². The third kappa shape index (κ3) is 2.41. The Morgan fingerprint density at radius 3 is 2.95 bits per heavy atom. The van der Waals surface area contributed by atoms with Crippen molar-refractivity contribution in [2.45, 2.75) is 26.4 Å². The molecular weight excluding hydrogens is 276 g/mol. The van der Waals surface area contributed by atoms with E-state index in [1.807, 2.05) is 12.3 Å². The highest BCUT2D eigenvalue weighted by Crippen LogP contribution is 2.19. The van der Waals surface area contributed by atoms with Crippen LogP contribution in [0, 0.1) is 6.92 Å². The zero-order valence-electron chi connectivity index (χ0n) is 11.3. The summed E-state index contributed by atoms with van der Waals surface area (Å²) in [6.45, 7) is 3.22. The van der Waals surface area contributed by atoms with Gasteiger partial charge < -0.3 is 10.1 Å². The summed E-state index contributed by atoms with van der Waals surface area (Å²) in [7, 11) is 1.36. The van der Waals surface area contributed by atoms with E-state index in [4.69, 9.17) is 4.74 Å². The number of carbonyl (C=O) groups excluding carboxylic acids is 1. The minimum atomic E-state index is -0.414. The van der Waals surface area contributed by atoms with Crippen molar-refractivity contribution in [1.82, 2.24) is 20.3 Å². The molecule has 0 amide bonds. The van der Waals surface area contributed by atoms with Crippen LogP contribution in [0.1, 0.15) is 38.3 Å². The second kappa shape index (κ2) is 5.26. The monoisotopic (exact) mass is 290 g/mol. The predicted molar refractivity (Wildman–Crippen MR) is 73.6 cm³/mol. The maximum Gasteiger partial charge on any atom is 0.357 e. The molecule has 6 nitrogen and oxygen atoms in total. The molecule has 0 radical (unpaired) electrons. The Morgan fingerprint density at radius 1 is 1.40 bits per heavy atom. The summed E-state index contributed by atoms with van der Waals surface area (Å²) < 4.78 is 4.80. The van der Waals surface area contributed by atoms with Crippen molar-refractivity contribution in [3.05, 3.63) is 38.9 Å². The number of esters is 1. The van der Waals surface area contributed by atoms with Crippen molar-refractivity contribution in [3.63, 3.8) is 0 Å². The van der Waals surface area contributed by atoms with Crippen molar-refractivity contribution < 1.29 is 9.53 Å². The van der Waals surface area contributed by atoms with Gasteiger partial charge in [-0.1, -0.05) is 0 Å². The van der Waals surface area contributed by atoms with Crippen LogP contribution in [0.15, 0.2) is 5.38 Å². The number of aromatic nitrogens is 3. The van der Waals surface area contributed by atoms with Gasteiger partial charge in [0.05, 0.1) is 29.9 Å². The lowest BCUT2D eigenvalue weighted by molar-refractivity contribution is 0.0592. The first-order valence-electron chi connectivity index (χ1n) is 6.26. The normalized spacial score (nSPS) is 13.3. The molecule has 0 saturated heterocycles. The molecule has 2 aromatic heterocycles. The average molecular weight is 290 g/mol. The first-order chi connectivity index (χ1) is 9.67. The van der Waals surface area contributed by atoms with Gasteiger partial charge in [0.1, 0.15) is 5.82 Å². The summed E-state index contributed by atoms with van der Waals surface area (Å²) in [5.41, 5.74) is 3.01.